The van der Waals surface area contributed by atoms with Crippen LogP contribution in [0.3, 0.4) is 0 Å². The van der Waals surface area contributed by atoms with Crippen molar-refractivity contribution < 1.29 is 19.3 Å². The number of fused-ring (bicyclic) bond motifs is 7. The predicted molar refractivity (Wildman–Crippen MR) is 115 cm³/mol. The van der Waals surface area contributed by atoms with Gasteiger partial charge in [0.05, 0.1) is 17.9 Å². The first kappa shape index (κ1) is 18.5. The van der Waals surface area contributed by atoms with Crippen molar-refractivity contribution in [2.45, 2.75) is 24.4 Å². The molecular weight excluding hydrogens is 390 g/mol. The number of carbonyl (C=O) groups excluding carboxylic acids is 3. The second kappa shape index (κ2) is 6.37. The minimum atomic E-state index is -1.04. The lowest BCUT2D eigenvalue weighted by Crippen LogP contribution is -3.20. The van der Waals surface area contributed by atoms with E-state index in [1.165, 1.54) is 4.90 Å². The van der Waals surface area contributed by atoms with Gasteiger partial charge in [-0.05, 0) is 18.2 Å². The fraction of sp³-hybridized carbons (Fsp3) is 0.320. The molecule has 5 atom stereocenters. The molecule has 0 radical (unpaired) electrons. The molecule has 4 aliphatic heterocycles. The Bertz CT molecular complexity index is 1130. The Morgan fingerprint density at radius 1 is 1.03 bits per heavy atom. The summed E-state index contributed by atoms with van der Waals surface area (Å²) in [4.78, 5) is 45.9. The number of rotatable bonds is 3. The number of carbonyl (C=O) groups is 3. The van der Waals surface area contributed by atoms with E-state index in [2.05, 4.69) is 6.58 Å². The van der Waals surface area contributed by atoms with Crippen LogP contribution in [0, 0.1) is 11.8 Å². The van der Waals surface area contributed by atoms with Crippen LogP contribution < -0.4 is 14.7 Å². The second-order valence-corrected chi connectivity index (χ2v) is 8.90. The Morgan fingerprint density at radius 2 is 1.77 bits per heavy atom. The van der Waals surface area contributed by atoms with Crippen LogP contribution in [-0.4, -0.2) is 36.9 Å². The quantitative estimate of drug-likeness (QED) is 0.608. The predicted octanol–water partition coefficient (Wildman–Crippen LogP) is 1.28. The van der Waals surface area contributed by atoms with Crippen LogP contribution in [-0.2, 0) is 19.9 Å². The summed E-state index contributed by atoms with van der Waals surface area (Å²) in [7, 11) is 0. The molecule has 2 aromatic rings. The highest BCUT2D eigenvalue weighted by Crippen LogP contribution is 2.53. The Morgan fingerprint density at radius 3 is 2.55 bits per heavy atom. The van der Waals surface area contributed by atoms with Gasteiger partial charge in [0.25, 0.3) is 5.91 Å². The van der Waals surface area contributed by atoms with Crippen LogP contribution in [0.5, 0.6) is 0 Å². The van der Waals surface area contributed by atoms with Gasteiger partial charge >= 0.3 is 0 Å². The maximum absolute atomic E-state index is 14.1. The summed E-state index contributed by atoms with van der Waals surface area (Å²) < 4.78 is 0. The standard InChI is InChI=1S/C25H23N3O3/c1-2-14-26-18-12-7-6-11-17(18)25(24(26)31)21-20(19-13-8-15-27(19)25)22(29)28(23(21)30)16-9-4-3-5-10-16/h2-7,9-12,19-21H,1,8,13-15H2/p+1/t19-,20-,21-,25+/m1/s1. The lowest BCUT2D eigenvalue weighted by Gasteiger charge is -2.34. The third-order valence-corrected chi connectivity index (χ3v) is 7.69. The van der Waals surface area contributed by atoms with Gasteiger partial charge in [-0.15, -0.1) is 6.58 Å². The van der Waals surface area contributed by atoms with Gasteiger partial charge in [-0.3, -0.25) is 14.4 Å². The van der Waals surface area contributed by atoms with E-state index in [0.29, 0.717) is 12.2 Å². The van der Waals surface area contributed by atoms with Crippen LogP contribution in [0.4, 0.5) is 11.4 Å². The largest absolute Gasteiger partial charge is 0.315 e. The van der Waals surface area contributed by atoms with Crippen LogP contribution >= 0.6 is 0 Å². The first-order valence-corrected chi connectivity index (χ1v) is 10.9. The van der Waals surface area contributed by atoms with Crippen LogP contribution in [0.2, 0.25) is 0 Å². The molecule has 0 aliphatic carbocycles. The zero-order valence-electron chi connectivity index (χ0n) is 17.2. The van der Waals surface area contributed by atoms with Gasteiger partial charge in [0, 0.05) is 24.9 Å². The van der Waals surface area contributed by atoms with Gasteiger partial charge in [0.15, 0.2) is 0 Å². The van der Waals surface area contributed by atoms with Gasteiger partial charge in [-0.2, -0.15) is 0 Å². The molecule has 1 N–H and O–H groups in total. The monoisotopic (exact) mass is 414 g/mol. The molecule has 156 valence electrons. The second-order valence-electron chi connectivity index (χ2n) is 8.90. The summed E-state index contributed by atoms with van der Waals surface area (Å²) in [6.45, 7) is 5.01. The third-order valence-electron chi connectivity index (χ3n) is 7.69. The van der Waals surface area contributed by atoms with Crippen molar-refractivity contribution in [2.75, 3.05) is 22.9 Å². The molecule has 6 rings (SSSR count). The van der Waals surface area contributed by atoms with E-state index in [9.17, 15) is 14.4 Å². The number of nitrogens with zero attached hydrogens (tertiary/aromatic N) is 2. The Hall–Kier alpha value is -3.25. The fourth-order valence-electron chi connectivity index (χ4n) is 6.74. The molecule has 31 heavy (non-hydrogen) atoms. The lowest BCUT2D eigenvalue weighted by atomic mass is 9.75. The molecule has 0 aromatic heterocycles. The molecule has 0 bridgehead atoms. The van der Waals surface area contributed by atoms with E-state index in [4.69, 9.17) is 0 Å². The number of quaternary nitrogens is 1. The number of benzene rings is 2. The van der Waals surface area contributed by atoms with E-state index >= 15 is 0 Å². The van der Waals surface area contributed by atoms with Crippen molar-refractivity contribution >= 4 is 29.1 Å². The number of hydrogen-bond acceptors (Lipinski definition) is 3. The van der Waals surface area contributed by atoms with Gasteiger partial charge < -0.3 is 9.80 Å². The van der Waals surface area contributed by atoms with Crippen LogP contribution in [0.15, 0.2) is 67.3 Å². The summed E-state index contributed by atoms with van der Waals surface area (Å²) >= 11 is 0. The zero-order chi connectivity index (χ0) is 21.3. The summed E-state index contributed by atoms with van der Waals surface area (Å²) in [5.74, 6) is -1.62. The molecule has 1 spiro atoms. The number of hydrogen-bond donors (Lipinski definition) is 1. The number of nitrogens with one attached hydrogen (secondary N) is 1. The average molecular weight is 414 g/mol. The third kappa shape index (κ3) is 2.08. The highest BCUT2D eigenvalue weighted by molar-refractivity contribution is 6.25. The molecule has 3 amide bonds. The van der Waals surface area contributed by atoms with Gasteiger partial charge in [-0.1, -0.05) is 42.5 Å². The maximum atomic E-state index is 14.1. The average Bonchev–Trinajstić information content (AvgIpc) is 3.48. The summed E-state index contributed by atoms with van der Waals surface area (Å²) in [5.41, 5.74) is 1.27. The number of para-hydroxylation sites is 2. The highest BCUT2D eigenvalue weighted by Gasteiger charge is 2.79. The molecule has 4 heterocycles. The molecule has 4 aliphatic rings. The van der Waals surface area contributed by atoms with Crippen LogP contribution in [0.1, 0.15) is 18.4 Å². The topological polar surface area (TPSA) is 62.1 Å². The number of anilines is 2. The van der Waals surface area contributed by atoms with Crippen molar-refractivity contribution in [1.29, 1.82) is 0 Å². The summed E-state index contributed by atoms with van der Waals surface area (Å²) in [5, 5.41) is 0. The van der Waals surface area contributed by atoms with E-state index in [-0.39, 0.29) is 23.8 Å². The first-order chi connectivity index (χ1) is 15.1. The molecule has 1 unspecified atom stereocenters. The lowest BCUT2D eigenvalue weighted by molar-refractivity contribution is -0.948. The van der Waals surface area contributed by atoms with E-state index in [1.807, 2.05) is 42.5 Å². The van der Waals surface area contributed by atoms with Crippen molar-refractivity contribution in [3.05, 3.63) is 72.8 Å². The Kier molecular flexibility index (Phi) is 3.81. The molecule has 3 fully saturated rings. The number of amides is 3. The van der Waals surface area contributed by atoms with Gasteiger partial charge in [-0.25, -0.2) is 4.90 Å². The van der Waals surface area contributed by atoms with Gasteiger partial charge in [0.1, 0.15) is 17.9 Å². The molecule has 6 nitrogen and oxygen atoms in total. The molecular formula is C25H24N3O3+. The van der Waals surface area contributed by atoms with Crippen molar-refractivity contribution in [1.82, 2.24) is 0 Å². The van der Waals surface area contributed by atoms with Crippen molar-refractivity contribution in [3.63, 3.8) is 0 Å². The van der Waals surface area contributed by atoms with E-state index in [1.54, 1.807) is 23.1 Å². The van der Waals surface area contributed by atoms with Crippen molar-refractivity contribution in [2.24, 2.45) is 11.8 Å². The zero-order valence-corrected chi connectivity index (χ0v) is 17.2. The SMILES string of the molecule is C=CCN1C(=O)[C@]2(c3ccccc31)[C@H]1C(=O)N(c3ccccc3)C(=O)[C@@H]1[C@H]1CCC[NH+]12. The van der Waals surface area contributed by atoms with E-state index in [0.717, 1.165) is 35.5 Å². The van der Waals surface area contributed by atoms with Crippen molar-refractivity contribution in [3.8, 4) is 0 Å². The summed E-state index contributed by atoms with van der Waals surface area (Å²) in [6.07, 6.45) is 3.53. The Labute approximate surface area is 180 Å². The maximum Gasteiger partial charge on any atom is 0.294 e. The van der Waals surface area contributed by atoms with Gasteiger partial charge in [0.2, 0.25) is 17.4 Å². The molecule has 2 aromatic carbocycles. The Balaban J connectivity index is 1.58. The first-order valence-electron chi connectivity index (χ1n) is 10.9. The molecule has 0 saturated carbocycles. The minimum Gasteiger partial charge on any atom is -0.315 e. The highest BCUT2D eigenvalue weighted by atomic mass is 16.2. The van der Waals surface area contributed by atoms with E-state index < -0.39 is 17.4 Å². The smallest absolute Gasteiger partial charge is 0.294 e. The summed E-state index contributed by atoms with van der Waals surface area (Å²) in [6, 6.07) is 16.9. The minimum absolute atomic E-state index is 0.0177. The molecule has 6 heteroatoms. The normalized spacial score (nSPS) is 33.2. The van der Waals surface area contributed by atoms with Crippen LogP contribution in [0.25, 0.3) is 0 Å². The number of imide groups is 1. The molecule has 3 saturated heterocycles. The fourth-order valence-corrected chi connectivity index (χ4v) is 6.74.